The summed E-state index contributed by atoms with van der Waals surface area (Å²) in [7, 11) is 0. The lowest BCUT2D eigenvalue weighted by atomic mass is 9.92. The summed E-state index contributed by atoms with van der Waals surface area (Å²) in [5.41, 5.74) is 12.4. The van der Waals surface area contributed by atoms with Crippen LogP contribution >= 0.6 is 11.3 Å². The lowest BCUT2D eigenvalue weighted by Gasteiger charge is -2.13. The molecule has 0 radical (unpaired) electrons. The van der Waals surface area contributed by atoms with Crippen molar-refractivity contribution in [1.82, 2.24) is 9.97 Å². The Morgan fingerprint density at radius 1 is 0.618 bits per heavy atom. The molecule has 0 unspecified atom stereocenters. The smallest absolute Gasteiger partial charge is 0.116 e. The molecule has 34 heavy (non-hydrogen) atoms. The zero-order chi connectivity index (χ0) is 21.7. The maximum atomic E-state index is 4.93. The number of hydrogen-bond acceptors (Lipinski definition) is 3. The largest absolute Gasteiger partial charge is 0.235 e. The van der Waals surface area contributed by atoms with Crippen molar-refractivity contribution in [2.45, 2.75) is 19.3 Å². The average Bonchev–Trinajstić information content (AvgIpc) is 3.61. The van der Waals surface area contributed by atoms with Crippen LogP contribution in [0.2, 0.25) is 0 Å². The van der Waals surface area contributed by atoms with Crippen molar-refractivity contribution in [3.63, 3.8) is 0 Å². The zero-order valence-corrected chi connectivity index (χ0v) is 19.0. The molecule has 0 amide bonds. The molecule has 3 aliphatic rings. The molecule has 10 rings (SSSR count). The molecule has 0 bridgehead atoms. The third-order valence-electron chi connectivity index (χ3n) is 8.56. The van der Waals surface area contributed by atoms with Crippen LogP contribution in [0, 0.1) is 0 Å². The summed E-state index contributed by atoms with van der Waals surface area (Å²) in [4.78, 5) is 9.65. The van der Waals surface area contributed by atoms with Crippen LogP contribution in [-0.4, -0.2) is 9.97 Å². The van der Waals surface area contributed by atoms with E-state index in [0.29, 0.717) is 0 Å². The molecule has 0 fully saturated rings. The van der Waals surface area contributed by atoms with Gasteiger partial charge in [0.1, 0.15) is 6.33 Å². The Morgan fingerprint density at radius 3 is 2.06 bits per heavy atom. The van der Waals surface area contributed by atoms with E-state index in [1.165, 1.54) is 80.7 Å². The van der Waals surface area contributed by atoms with E-state index in [2.05, 4.69) is 54.6 Å². The number of thiophene rings is 1. The van der Waals surface area contributed by atoms with Crippen LogP contribution in [0.3, 0.4) is 0 Å². The Bertz CT molecular complexity index is 2110. The van der Waals surface area contributed by atoms with Gasteiger partial charge in [0.15, 0.2) is 0 Å². The van der Waals surface area contributed by atoms with Crippen molar-refractivity contribution in [3.8, 4) is 11.3 Å². The van der Waals surface area contributed by atoms with Gasteiger partial charge in [-0.2, -0.15) is 0 Å². The average molecular weight is 449 g/mol. The van der Waals surface area contributed by atoms with Gasteiger partial charge in [0.05, 0.1) is 15.9 Å². The predicted octanol–water partition coefficient (Wildman–Crippen LogP) is 7.68. The summed E-state index contributed by atoms with van der Waals surface area (Å²) in [5.74, 6) is 0. The number of fused-ring (bicyclic) bond motifs is 3. The van der Waals surface area contributed by atoms with E-state index in [4.69, 9.17) is 9.97 Å². The molecule has 3 heteroatoms. The quantitative estimate of drug-likeness (QED) is 0.241. The molecular formula is C31H16N2S. The fraction of sp³-hybridized carbons (Fsp3) is 0.0968. The lowest BCUT2D eigenvalue weighted by Crippen LogP contribution is -1.94. The molecule has 0 atom stereocenters. The van der Waals surface area contributed by atoms with E-state index in [-0.39, 0.29) is 0 Å². The number of nitrogens with zero attached hydrogens (tertiary/aromatic N) is 2. The van der Waals surface area contributed by atoms with Gasteiger partial charge in [-0.05, 0) is 97.1 Å². The monoisotopic (exact) mass is 448 g/mol. The number of benzene rings is 5. The number of aromatic nitrogens is 2. The maximum absolute atomic E-state index is 4.93. The van der Waals surface area contributed by atoms with Gasteiger partial charge < -0.3 is 0 Å². The minimum atomic E-state index is 0.996. The molecule has 5 aromatic carbocycles. The van der Waals surface area contributed by atoms with Gasteiger partial charge in [-0.25, -0.2) is 9.97 Å². The molecule has 2 heterocycles. The Labute approximate surface area is 198 Å². The van der Waals surface area contributed by atoms with Gasteiger partial charge >= 0.3 is 0 Å². The fourth-order valence-electron chi connectivity index (χ4n) is 7.30. The molecule has 7 aromatic rings. The second-order valence-corrected chi connectivity index (χ2v) is 11.2. The van der Waals surface area contributed by atoms with Crippen LogP contribution in [0.15, 0.2) is 60.9 Å². The lowest BCUT2D eigenvalue weighted by molar-refractivity contribution is 1.20. The molecule has 0 aliphatic heterocycles. The molecule has 3 aliphatic carbocycles. The van der Waals surface area contributed by atoms with Crippen LogP contribution in [0.25, 0.3) is 63.9 Å². The third-order valence-corrected chi connectivity index (χ3v) is 9.73. The summed E-state index contributed by atoms with van der Waals surface area (Å²) in [6.07, 6.45) is 4.86. The molecule has 0 saturated heterocycles. The van der Waals surface area contributed by atoms with Crippen LogP contribution in [0.1, 0.15) is 33.4 Å². The van der Waals surface area contributed by atoms with Crippen molar-refractivity contribution in [2.75, 3.05) is 0 Å². The van der Waals surface area contributed by atoms with Crippen molar-refractivity contribution in [2.24, 2.45) is 0 Å². The SMILES string of the molecule is c1ccc2c(c1)sc1c(-c3cc4c5c6c(ccc7c6c6c(ccc8c6c5c3C8)C7)C4)ncnc12. The highest BCUT2D eigenvalue weighted by Crippen LogP contribution is 2.55. The van der Waals surface area contributed by atoms with Crippen LogP contribution < -0.4 is 0 Å². The Kier molecular flexibility index (Phi) is 2.60. The van der Waals surface area contributed by atoms with Crippen molar-refractivity contribution in [3.05, 3.63) is 94.3 Å². The van der Waals surface area contributed by atoms with Crippen LogP contribution in [-0.2, 0) is 19.3 Å². The Balaban J connectivity index is 1.43. The van der Waals surface area contributed by atoms with Gasteiger partial charge in [0, 0.05) is 15.6 Å². The van der Waals surface area contributed by atoms with Crippen LogP contribution in [0.5, 0.6) is 0 Å². The van der Waals surface area contributed by atoms with Gasteiger partial charge in [0.25, 0.3) is 0 Å². The highest BCUT2D eigenvalue weighted by atomic mass is 32.1. The fourth-order valence-corrected chi connectivity index (χ4v) is 8.46. The van der Waals surface area contributed by atoms with Crippen molar-refractivity contribution >= 4 is 64.0 Å². The summed E-state index contributed by atoms with van der Waals surface area (Å²) in [5, 5.41) is 10.4. The molecule has 156 valence electrons. The van der Waals surface area contributed by atoms with E-state index < -0.39 is 0 Å². The van der Waals surface area contributed by atoms with E-state index in [9.17, 15) is 0 Å². The van der Waals surface area contributed by atoms with Crippen molar-refractivity contribution < 1.29 is 0 Å². The predicted molar refractivity (Wildman–Crippen MR) is 141 cm³/mol. The minimum Gasteiger partial charge on any atom is -0.235 e. The van der Waals surface area contributed by atoms with Gasteiger partial charge in [0.2, 0.25) is 0 Å². The minimum absolute atomic E-state index is 0.996. The van der Waals surface area contributed by atoms with Crippen molar-refractivity contribution in [1.29, 1.82) is 0 Å². The summed E-state index contributed by atoms with van der Waals surface area (Å²) in [6, 6.07) is 20.6. The topological polar surface area (TPSA) is 25.8 Å². The Morgan fingerprint density at radius 2 is 1.26 bits per heavy atom. The van der Waals surface area contributed by atoms with Crippen LogP contribution in [0.4, 0.5) is 0 Å². The highest BCUT2D eigenvalue weighted by molar-refractivity contribution is 7.26. The summed E-state index contributed by atoms with van der Waals surface area (Å²) < 4.78 is 2.49. The maximum Gasteiger partial charge on any atom is 0.116 e. The molecular weight excluding hydrogens is 432 g/mol. The molecule has 2 aromatic heterocycles. The second kappa shape index (κ2) is 5.29. The van der Waals surface area contributed by atoms with E-state index in [1.807, 2.05) is 11.3 Å². The van der Waals surface area contributed by atoms with E-state index >= 15 is 0 Å². The zero-order valence-electron chi connectivity index (χ0n) is 18.2. The van der Waals surface area contributed by atoms with Gasteiger partial charge in [-0.15, -0.1) is 11.3 Å². The van der Waals surface area contributed by atoms with Gasteiger partial charge in [-0.1, -0.05) is 42.5 Å². The molecule has 0 spiro atoms. The first-order chi connectivity index (χ1) is 16.8. The number of hydrogen-bond donors (Lipinski definition) is 0. The standard InChI is InChI=1S/C31H16N2S/c1-2-4-22-19(3-1)29-31(34-22)30(33-13-32-29)21-12-18-10-16-6-5-14-9-15-7-8-17-11-20(21)28-26(17)24(15)23(14)25(16)27(18)28/h1-8,12-13H,9-11H2. The first-order valence-corrected chi connectivity index (χ1v) is 12.8. The first kappa shape index (κ1) is 16.7. The first-order valence-electron chi connectivity index (χ1n) is 12.0. The van der Waals surface area contributed by atoms with E-state index in [0.717, 1.165) is 30.5 Å². The second-order valence-electron chi connectivity index (χ2n) is 10.1. The van der Waals surface area contributed by atoms with E-state index in [1.54, 1.807) is 11.7 Å². The van der Waals surface area contributed by atoms with Gasteiger partial charge in [-0.3, -0.25) is 0 Å². The Hall–Kier alpha value is -3.82. The summed E-state index contributed by atoms with van der Waals surface area (Å²) >= 11 is 1.83. The summed E-state index contributed by atoms with van der Waals surface area (Å²) in [6.45, 7) is 0. The highest BCUT2D eigenvalue weighted by Gasteiger charge is 2.33. The number of rotatable bonds is 1. The molecule has 0 saturated carbocycles. The normalized spacial score (nSPS) is 14.7. The molecule has 2 nitrogen and oxygen atoms in total. The molecule has 0 N–H and O–H groups in total. The third kappa shape index (κ3) is 1.68.